The van der Waals surface area contributed by atoms with Crippen molar-refractivity contribution < 1.29 is 4.21 Å². The van der Waals surface area contributed by atoms with Crippen molar-refractivity contribution in [1.82, 2.24) is 0 Å². The Labute approximate surface area is 75.7 Å². The lowest BCUT2D eigenvalue weighted by atomic mass is 10.4. The van der Waals surface area contributed by atoms with E-state index in [1.165, 1.54) is 0 Å². The first-order valence-corrected chi connectivity index (χ1v) is 4.92. The van der Waals surface area contributed by atoms with E-state index >= 15 is 0 Å². The van der Waals surface area contributed by atoms with E-state index < -0.39 is 10.8 Å². The highest BCUT2D eigenvalue weighted by Crippen LogP contribution is 2.18. The van der Waals surface area contributed by atoms with Crippen LogP contribution < -0.4 is 0 Å². The molecule has 0 amide bonds. The largest absolute Gasteiger partial charge is 0.299 e. The predicted molar refractivity (Wildman–Crippen MR) is 49.3 cm³/mol. The summed E-state index contributed by atoms with van der Waals surface area (Å²) in [5.74, 6) is 0. The van der Waals surface area contributed by atoms with E-state index in [0.29, 0.717) is 4.90 Å². The highest BCUT2D eigenvalue weighted by molar-refractivity contribution is 9.10. The molecule has 0 spiro atoms. The molecule has 2 nitrogen and oxygen atoms in total. The Balaban J connectivity index is 3.13. The molecule has 0 saturated carbocycles. The first-order valence-electron chi connectivity index (χ1n) is 2.91. The molecule has 1 aromatic carbocycles. The molecule has 1 aromatic rings. The first kappa shape index (κ1) is 8.62. The zero-order valence-electron chi connectivity index (χ0n) is 5.58. The lowest BCUT2D eigenvalue weighted by Crippen LogP contribution is -1.91. The minimum atomic E-state index is -1.31. The van der Waals surface area contributed by atoms with Gasteiger partial charge in [0.25, 0.3) is 0 Å². The van der Waals surface area contributed by atoms with Gasteiger partial charge in [0.1, 0.15) is 0 Å². The van der Waals surface area contributed by atoms with Gasteiger partial charge in [-0.3, -0.25) is 5.41 Å². The summed E-state index contributed by atoms with van der Waals surface area (Å²) >= 11 is 3.24. The minimum Gasteiger partial charge on any atom is -0.299 e. The number of nitrogens with one attached hydrogen (secondary N) is 1. The standard InChI is InChI=1S/C7H6BrNOS/c8-6-3-1-2-4-7(6)11(10)5-9/h1-5,9H. The van der Waals surface area contributed by atoms with Gasteiger partial charge in [0, 0.05) is 4.47 Å². The fourth-order valence-electron chi connectivity index (χ4n) is 0.671. The fourth-order valence-corrected chi connectivity index (χ4v) is 2.03. The maximum atomic E-state index is 11.1. The summed E-state index contributed by atoms with van der Waals surface area (Å²) in [5, 5.41) is 6.80. The predicted octanol–water partition coefficient (Wildman–Crippen LogP) is 2.16. The van der Waals surface area contributed by atoms with E-state index in [0.717, 1.165) is 10.0 Å². The highest BCUT2D eigenvalue weighted by Gasteiger charge is 2.02. The molecule has 58 valence electrons. The topological polar surface area (TPSA) is 40.9 Å². The molecule has 1 atom stereocenters. The van der Waals surface area contributed by atoms with E-state index in [-0.39, 0.29) is 0 Å². The van der Waals surface area contributed by atoms with Crippen molar-refractivity contribution in [2.45, 2.75) is 4.90 Å². The molecule has 0 aliphatic heterocycles. The first-order chi connectivity index (χ1) is 5.25. The van der Waals surface area contributed by atoms with Gasteiger partial charge in [-0.2, -0.15) is 0 Å². The maximum Gasteiger partial charge on any atom is 0.0966 e. The van der Waals surface area contributed by atoms with Crippen LogP contribution in [0.4, 0.5) is 0 Å². The number of hydrogen-bond acceptors (Lipinski definition) is 2. The second-order valence-electron chi connectivity index (χ2n) is 1.85. The Morgan fingerprint density at radius 1 is 1.45 bits per heavy atom. The molecule has 4 heteroatoms. The molecule has 1 N–H and O–H groups in total. The summed E-state index contributed by atoms with van der Waals surface area (Å²) in [6, 6.07) is 7.16. The van der Waals surface area contributed by atoms with Gasteiger partial charge in [-0.15, -0.1) is 0 Å². The molecule has 0 heterocycles. The number of hydrogen-bond donors (Lipinski definition) is 1. The minimum absolute atomic E-state index is 0.641. The normalized spacial score (nSPS) is 12.5. The van der Waals surface area contributed by atoms with Crippen molar-refractivity contribution in [3.63, 3.8) is 0 Å². The Morgan fingerprint density at radius 3 is 2.64 bits per heavy atom. The third-order valence-corrected chi connectivity index (χ3v) is 3.12. The molecular formula is C7H6BrNOS. The number of benzene rings is 1. The van der Waals surface area contributed by atoms with Crippen LogP contribution >= 0.6 is 15.9 Å². The Morgan fingerprint density at radius 2 is 2.09 bits per heavy atom. The van der Waals surface area contributed by atoms with Gasteiger partial charge in [-0.1, -0.05) is 12.1 Å². The number of rotatable bonds is 2. The Hall–Kier alpha value is -0.480. The quantitative estimate of drug-likeness (QED) is 0.616. The van der Waals surface area contributed by atoms with Crippen molar-refractivity contribution in [3.8, 4) is 0 Å². The Bertz CT molecular complexity index is 300. The monoisotopic (exact) mass is 231 g/mol. The summed E-state index contributed by atoms with van der Waals surface area (Å²) < 4.78 is 11.9. The molecule has 0 aromatic heterocycles. The zero-order valence-corrected chi connectivity index (χ0v) is 7.98. The molecule has 0 bridgehead atoms. The lowest BCUT2D eigenvalue weighted by Gasteiger charge is -1.97. The van der Waals surface area contributed by atoms with Gasteiger partial charge in [0.05, 0.1) is 21.2 Å². The summed E-state index contributed by atoms with van der Waals surface area (Å²) in [6.45, 7) is 0. The van der Waals surface area contributed by atoms with E-state index in [1.54, 1.807) is 18.2 Å². The third-order valence-electron chi connectivity index (χ3n) is 1.16. The van der Waals surface area contributed by atoms with Crippen LogP contribution in [0.2, 0.25) is 0 Å². The molecule has 0 fully saturated rings. The van der Waals surface area contributed by atoms with E-state index in [2.05, 4.69) is 15.9 Å². The van der Waals surface area contributed by atoms with Crippen LogP contribution in [0.15, 0.2) is 33.6 Å². The fraction of sp³-hybridized carbons (Fsp3) is 0. The van der Waals surface area contributed by atoms with Crippen molar-refractivity contribution in [1.29, 1.82) is 5.41 Å². The van der Waals surface area contributed by atoms with E-state index in [9.17, 15) is 4.21 Å². The second kappa shape index (κ2) is 3.78. The highest BCUT2D eigenvalue weighted by atomic mass is 79.9. The van der Waals surface area contributed by atoms with Crippen LogP contribution in [0.5, 0.6) is 0 Å². The van der Waals surface area contributed by atoms with Crippen LogP contribution in [0.1, 0.15) is 0 Å². The average molecular weight is 232 g/mol. The summed E-state index contributed by atoms with van der Waals surface area (Å²) in [5.41, 5.74) is 0.917. The van der Waals surface area contributed by atoms with Crippen molar-refractivity contribution in [2.24, 2.45) is 0 Å². The Kier molecular flexibility index (Phi) is 2.96. The van der Waals surface area contributed by atoms with Crippen LogP contribution in [0.25, 0.3) is 0 Å². The van der Waals surface area contributed by atoms with Crippen LogP contribution in [0.3, 0.4) is 0 Å². The summed E-state index contributed by atoms with van der Waals surface area (Å²) in [7, 11) is -1.31. The van der Waals surface area contributed by atoms with Crippen LogP contribution in [0, 0.1) is 5.41 Å². The van der Waals surface area contributed by atoms with Gasteiger partial charge in [-0.05, 0) is 28.1 Å². The van der Waals surface area contributed by atoms with E-state index in [1.807, 2.05) is 6.07 Å². The van der Waals surface area contributed by atoms with E-state index in [4.69, 9.17) is 5.41 Å². The maximum absolute atomic E-state index is 11.1. The van der Waals surface area contributed by atoms with Crippen molar-refractivity contribution in [2.75, 3.05) is 0 Å². The lowest BCUT2D eigenvalue weighted by molar-refractivity contribution is 0.690. The molecule has 0 aliphatic rings. The SMILES string of the molecule is N=CS(=O)c1ccccc1Br. The van der Waals surface area contributed by atoms with Gasteiger partial charge in [0.2, 0.25) is 0 Å². The molecule has 0 radical (unpaired) electrons. The molecule has 11 heavy (non-hydrogen) atoms. The molecule has 0 aliphatic carbocycles. The summed E-state index contributed by atoms with van der Waals surface area (Å²) in [4.78, 5) is 0.641. The van der Waals surface area contributed by atoms with Gasteiger partial charge >= 0.3 is 0 Å². The molecule has 1 unspecified atom stereocenters. The van der Waals surface area contributed by atoms with Gasteiger partial charge in [0.15, 0.2) is 0 Å². The molecule has 1 rings (SSSR count). The van der Waals surface area contributed by atoms with Crippen LogP contribution in [-0.4, -0.2) is 9.76 Å². The second-order valence-corrected chi connectivity index (χ2v) is 3.97. The zero-order chi connectivity index (χ0) is 8.27. The number of halogens is 1. The van der Waals surface area contributed by atoms with Crippen LogP contribution in [-0.2, 0) is 10.8 Å². The van der Waals surface area contributed by atoms with Gasteiger partial charge < -0.3 is 0 Å². The smallest absolute Gasteiger partial charge is 0.0966 e. The van der Waals surface area contributed by atoms with Gasteiger partial charge in [-0.25, -0.2) is 4.21 Å². The third kappa shape index (κ3) is 1.97. The summed E-state index contributed by atoms with van der Waals surface area (Å²) in [6.07, 6.45) is 0. The van der Waals surface area contributed by atoms with Crippen molar-refractivity contribution >= 4 is 32.3 Å². The average Bonchev–Trinajstić information content (AvgIpc) is 2.04. The molecule has 0 saturated heterocycles. The molecular weight excluding hydrogens is 226 g/mol. The van der Waals surface area contributed by atoms with Crippen molar-refractivity contribution in [3.05, 3.63) is 28.7 Å².